The van der Waals surface area contributed by atoms with E-state index in [2.05, 4.69) is 40.6 Å². The van der Waals surface area contributed by atoms with Crippen LogP contribution >= 0.6 is 11.8 Å². The van der Waals surface area contributed by atoms with Crippen LogP contribution in [0.4, 0.5) is 11.6 Å². The average molecular weight is 472 g/mol. The van der Waals surface area contributed by atoms with E-state index in [1.807, 2.05) is 30.3 Å². The van der Waals surface area contributed by atoms with E-state index in [0.29, 0.717) is 30.0 Å². The normalized spacial score (nSPS) is 23.9. The third-order valence-corrected chi connectivity index (χ3v) is 8.65. The summed E-state index contributed by atoms with van der Waals surface area (Å²) in [5.74, 6) is 2.44. The van der Waals surface area contributed by atoms with E-state index in [0.717, 1.165) is 41.3 Å². The number of methoxy groups -OCH3 is 1. The molecule has 1 saturated carbocycles. The summed E-state index contributed by atoms with van der Waals surface area (Å²) in [4.78, 5) is 23.6. The Hall–Kier alpha value is -3.12. The number of nitrogens with zero attached hydrogens (tertiary/aromatic N) is 2. The molecule has 2 aliphatic carbocycles. The van der Waals surface area contributed by atoms with Gasteiger partial charge in [-0.05, 0) is 66.6 Å². The Kier molecular flexibility index (Phi) is 5.94. The minimum Gasteiger partial charge on any atom is -0.497 e. The number of hydrogen-bond acceptors (Lipinski definition) is 6. The average Bonchev–Trinajstić information content (AvgIpc) is 3.20. The van der Waals surface area contributed by atoms with Gasteiger partial charge in [0.25, 0.3) is 0 Å². The molecule has 2 heterocycles. The van der Waals surface area contributed by atoms with Crippen LogP contribution in [0, 0.1) is 5.92 Å². The van der Waals surface area contributed by atoms with Gasteiger partial charge in [0.05, 0.1) is 17.6 Å². The second kappa shape index (κ2) is 8.91. The first-order chi connectivity index (χ1) is 16.1. The van der Waals surface area contributed by atoms with E-state index < -0.39 is 0 Å². The summed E-state index contributed by atoms with van der Waals surface area (Å²) in [6.45, 7) is 0. The van der Waals surface area contributed by atoms with Gasteiger partial charge in [-0.25, -0.2) is 9.97 Å². The smallest absolute Gasteiger partial charge is 0.227 e. The molecule has 0 saturated heterocycles. The first kappa shape index (κ1) is 22.7. The van der Waals surface area contributed by atoms with Crippen molar-refractivity contribution in [1.29, 1.82) is 0 Å². The molecule has 5 nitrogen and oxygen atoms in total. The van der Waals surface area contributed by atoms with Gasteiger partial charge in [-0.15, -0.1) is 11.8 Å². The van der Waals surface area contributed by atoms with Gasteiger partial charge < -0.3 is 10.1 Å². The Balaban J connectivity index is 0.00000241. The number of hydrogen-bond donors (Lipinski definition) is 1. The number of aryl methyl sites for hydroxylation is 1. The highest BCUT2D eigenvalue weighted by atomic mass is 32.2. The lowest BCUT2D eigenvalue weighted by atomic mass is 9.93. The fourth-order valence-electron chi connectivity index (χ4n) is 5.12. The third kappa shape index (κ3) is 4.00. The number of thioether (sulfide) groups is 1. The van der Waals surface area contributed by atoms with Crippen LogP contribution in [0.25, 0.3) is 4.91 Å². The molecule has 0 spiro atoms. The molecule has 34 heavy (non-hydrogen) atoms. The molecule has 3 unspecified atom stereocenters. The van der Waals surface area contributed by atoms with Crippen molar-refractivity contribution in [3.8, 4) is 5.75 Å². The van der Waals surface area contributed by atoms with Crippen LogP contribution in [0.3, 0.4) is 0 Å². The topological polar surface area (TPSA) is 64.1 Å². The number of ketones is 1. The quantitative estimate of drug-likeness (QED) is 0.430. The van der Waals surface area contributed by atoms with Crippen molar-refractivity contribution in [1.82, 2.24) is 9.97 Å². The van der Waals surface area contributed by atoms with E-state index in [4.69, 9.17) is 9.72 Å². The highest BCUT2D eigenvalue weighted by Crippen LogP contribution is 2.66. The van der Waals surface area contributed by atoms with Gasteiger partial charge in [0.2, 0.25) is 5.95 Å². The minimum atomic E-state index is -0.276. The minimum absolute atomic E-state index is 0. The van der Waals surface area contributed by atoms with Gasteiger partial charge in [-0.1, -0.05) is 37.8 Å². The highest BCUT2D eigenvalue weighted by Gasteiger charge is 2.63. The number of allylic oxidation sites excluding steroid dienone is 1. The maximum Gasteiger partial charge on any atom is 0.227 e. The van der Waals surface area contributed by atoms with Crippen molar-refractivity contribution < 1.29 is 9.53 Å². The number of ether oxygens (including phenoxy) is 1. The van der Waals surface area contributed by atoms with Crippen LogP contribution in [-0.2, 0) is 11.2 Å². The summed E-state index contributed by atoms with van der Waals surface area (Å²) < 4.78 is 4.93. The summed E-state index contributed by atoms with van der Waals surface area (Å²) in [5, 5.41) is 3.25. The number of rotatable bonds is 7. The molecule has 0 bridgehead atoms. The van der Waals surface area contributed by atoms with Crippen LogP contribution in [0.5, 0.6) is 5.75 Å². The Morgan fingerprint density at radius 3 is 2.82 bits per heavy atom. The monoisotopic (exact) mass is 471 g/mol. The number of nitrogens with one attached hydrogen (secondary N) is 1. The van der Waals surface area contributed by atoms with E-state index in [1.54, 1.807) is 25.1 Å². The van der Waals surface area contributed by atoms with Gasteiger partial charge >= 0.3 is 0 Å². The van der Waals surface area contributed by atoms with Crippen LogP contribution in [-0.4, -0.2) is 27.6 Å². The first-order valence-corrected chi connectivity index (χ1v) is 12.2. The Morgan fingerprint density at radius 2 is 2.00 bits per heavy atom. The first-order valence-electron chi connectivity index (χ1n) is 11.4. The lowest BCUT2D eigenvalue weighted by Crippen LogP contribution is -2.21. The van der Waals surface area contributed by atoms with Gasteiger partial charge in [0, 0.05) is 29.1 Å². The molecule has 1 N–H and O–H groups in total. The Morgan fingerprint density at radius 1 is 1.18 bits per heavy atom. The van der Waals surface area contributed by atoms with Crippen LogP contribution in [0.15, 0.2) is 66.9 Å². The SMILES string of the molecule is C.COc1ccc(Nc2nccc(C3=CC4CC4(C(=O)CC4CCc5ccccc54)S3)n2)cc1. The fraction of sp³-hybridized carbons (Fsp3) is 0.321. The van der Waals surface area contributed by atoms with Crippen molar-refractivity contribution in [3.63, 3.8) is 0 Å². The van der Waals surface area contributed by atoms with Crippen LogP contribution in [0.2, 0.25) is 0 Å². The zero-order valence-corrected chi connectivity index (χ0v) is 19.3. The molecule has 3 atom stereocenters. The van der Waals surface area contributed by atoms with Crippen LogP contribution in [0.1, 0.15) is 49.4 Å². The van der Waals surface area contributed by atoms with Crippen molar-refractivity contribution >= 4 is 34.1 Å². The highest BCUT2D eigenvalue weighted by molar-refractivity contribution is 8.10. The molecule has 3 aromatic rings. The predicted octanol–water partition coefficient (Wildman–Crippen LogP) is 6.40. The number of carbonyl (C=O) groups excluding carboxylic acids is 1. The molecule has 1 fully saturated rings. The predicted molar refractivity (Wildman–Crippen MR) is 139 cm³/mol. The fourth-order valence-corrected chi connectivity index (χ4v) is 6.64. The van der Waals surface area contributed by atoms with Gasteiger partial charge in [-0.2, -0.15) is 0 Å². The lowest BCUT2D eigenvalue weighted by molar-refractivity contribution is -0.119. The molecule has 1 aliphatic heterocycles. The van der Waals surface area contributed by atoms with E-state index in [1.165, 1.54) is 11.1 Å². The van der Waals surface area contributed by atoms with Crippen molar-refractivity contribution in [2.75, 3.05) is 12.4 Å². The van der Waals surface area contributed by atoms with Crippen molar-refractivity contribution in [2.24, 2.45) is 5.92 Å². The van der Waals surface area contributed by atoms with Crippen molar-refractivity contribution in [3.05, 3.63) is 83.7 Å². The number of fused-ring (bicyclic) bond motifs is 2. The molecule has 1 aromatic heterocycles. The third-order valence-electron chi connectivity index (χ3n) is 7.02. The molecule has 6 heteroatoms. The molecule has 6 rings (SSSR count). The summed E-state index contributed by atoms with van der Waals surface area (Å²) in [6, 6.07) is 18.2. The number of carbonyl (C=O) groups is 1. The molecular formula is C28H29N3O2S. The summed E-state index contributed by atoms with van der Waals surface area (Å²) in [7, 11) is 1.65. The van der Waals surface area contributed by atoms with Gasteiger partial charge in [-0.3, -0.25) is 4.79 Å². The molecule has 2 aromatic carbocycles. The van der Waals surface area contributed by atoms with E-state index in [-0.39, 0.29) is 12.2 Å². The lowest BCUT2D eigenvalue weighted by Gasteiger charge is -2.17. The summed E-state index contributed by atoms with van der Waals surface area (Å²) in [6.07, 6.45) is 7.79. The van der Waals surface area contributed by atoms with Crippen molar-refractivity contribution in [2.45, 2.75) is 43.8 Å². The maximum absolute atomic E-state index is 13.4. The molecule has 174 valence electrons. The number of anilines is 2. The summed E-state index contributed by atoms with van der Waals surface area (Å²) >= 11 is 1.71. The van der Waals surface area contributed by atoms with E-state index in [9.17, 15) is 4.79 Å². The summed E-state index contributed by atoms with van der Waals surface area (Å²) in [5.41, 5.74) is 4.56. The molecule has 0 radical (unpaired) electrons. The number of aromatic nitrogens is 2. The van der Waals surface area contributed by atoms with Gasteiger partial charge in [0.1, 0.15) is 11.5 Å². The molecular weight excluding hydrogens is 442 g/mol. The Labute approximate surface area is 205 Å². The zero-order valence-electron chi connectivity index (χ0n) is 18.5. The second-order valence-corrected chi connectivity index (χ2v) is 10.4. The Bertz CT molecular complexity index is 1260. The largest absolute Gasteiger partial charge is 0.497 e. The van der Waals surface area contributed by atoms with Crippen LogP contribution < -0.4 is 10.1 Å². The zero-order chi connectivity index (χ0) is 22.4. The molecule has 3 aliphatic rings. The maximum atomic E-state index is 13.4. The number of Topliss-reactive ketones (excluding diaryl/α,β-unsaturated/α-hetero) is 1. The molecule has 0 amide bonds. The van der Waals surface area contributed by atoms with Gasteiger partial charge in [0.15, 0.2) is 0 Å². The number of benzene rings is 2. The van der Waals surface area contributed by atoms with E-state index >= 15 is 0 Å². The second-order valence-electron chi connectivity index (χ2n) is 9.01. The standard InChI is InChI=1S/C27H25N3O2S.CH4/c1-32-21-10-8-20(9-11-21)29-26-28-13-12-23(30-26)24-15-19-16-27(19,33-24)25(31)14-18-7-6-17-4-2-3-5-22(17)18;/h2-5,8-13,15,18-19H,6-7,14,16H2,1H3,(H,28,29,30);1H4.